The van der Waals surface area contributed by atoms with Crippen molar-refractivity contribution in [3.8, 4) is 0 Å². The van der Waals surface area contributed by atoms with E-state index in [1.54, 1.807) is 12.1 Å². The fraction of sp³-hybridized carbons (Fsp3) is 0.500. The molecule has 0 saturated carbocycles. The Hall–Kier alpha value is -1.65. The van der Waals surface area contributed by atoms with Gasteiger partial charge >= 0.3 is 5.92 Å². The lowest BCUT2D eigenvalue weighted by molar-refractivity contribution is 0.0585. The third-order valence-corrected chi connectivity index (χ3v) is 2.93. The van der Waals surface area contributed by atoms with E-state index in [-0.39, 0.29) is 5.56 Å². The van der Waals surface area contributed by atoms with Crippen molar-refractivity contribution in [1.29, 1.82) is 0 Å². The van der Waals surface area contributed by atoms with Gasteiger partial charge in [0.2, 0.25) is 5.84 Å². The average molecular weight is 270 g/mol. The SMILES string of the molecule is CCCCc1ccc(C(F)(F)/C(=N/O)N(C)C)cc1. The van der Waals surface area contributed by atoms with Crippen molar-refractivity contribution in [2.24, 2.45) is 5.16 Å². The van der Waals surface area contributed by atoms with Crippen LogP contribution in [0.25, 0.3) is 0 Å². The second-order valence-electron chi connectivity index (χ2n) is 4.69. The van der Waals surface area contributed by atoms with Gasteiger partial charge in [-0.3, -0.25) is 0 Å². The van der Waals surface area contributed by atoms with E-state index >= 15 is 0 Å². The number of likely N-dealkylation sites (N-methyl/N-ethyl adjacent to an activating group) is 1. The maximum atomic E-state index is 14.1. The third kappa shape index (κ3) is 3.66. The fourth-order valence-electron chi connectivity index (χ4n) is 1.82. The Bertz CT molecular complexity index is 428. The van der Waals surface area contributed by atoms with Gasteiger partial charge in [-0.2, -0.15) is 8.78 Å². The highest BCUT2D eigenvalue weighted by molar-refractivity contribution is 5.89. The summed E-state index contributed by atoms with van der Waals surface area (Å²) in [7, 11) is 2.83. The van der Waals surface area contributed by atoms with Gasteiger partial charge in [0.05, 0.1) is 0 Å². The second-order valence-corrected chi connectivity index (χ2v) is 4.69. The van der Waals surface area contributed by atoms with Gasteiger partial charge in [0.25, 0.3) is 0 Å². The number of alkyl halides is 2. The number of aryl methyl sites for hydroxylation is 1. The van der Waals surface area contributed by atoms with Gasteiger partial charge in [-0.1, -0.05) is 42.8 Å². The van der Waals surface area contributed by atoms with Crippen molar-refractivity contribution in [1.82, 2.24) is 4.90 Å². The molecule has 1 aromatic rings. The molecule has 5 heteroatoms. The van der Waals surface area contributed by atoms with Gasteiger partial charge in [-0.15, -0.1) is 0 Å². The summed E-state index contributed by atoms with van der Waals surface area (Å²) in [5, 5.41) is 11.4. The number of nitrogens with zero attached hydrogens (tertiary/aromatic N) is 2. The Morgan fingerprint density at radius 3 is 2.26 bits per heavy atom. The van der Waals surface area contributed by atoms with E-state index in [1.165, 1.54) is 26.2 Å². The summed E-state index contributed by atoms with van der Waals surface area (Å²) in [5.41, 5.74) is 0.864. The fourth-order valence-corrected chi connectivity index (χ4v) is 1.82. The van der Waals surface area contributed by atoms with Gasteiger partial charge in [-0.25, -0.2) is 0 Å². The first kappa shape index (κ1) is 15.4. The molecular formula is C14H20F2N2O. The molecule has 1 N–H and O–H groups in total. The molecule has 3 nitrogen and oxygen atoms in total. The quantitative estimate of drug-likeness (QED) is 0.385. The van der Waals surface area contributed by atoms with Crippen molar-refractivity contribution in [3.05, 3.63) is 35.4 Å². The zero-order chi connectivity index (χ0) is 14.5. The highest BCUT2D eigenvalue weighted by atomic mass is 19.3. The molecule has 0 aliphatic carbocycles. The predicted octanol–water partition coefficient (Wildman–Crippen LogP) is 3.47. The van der Waals surface area contributed by atoms with Crippen molar-refractivity contribution >= 4 is 5.84 Å². The Morgan fingerprint density at radius 2 is 1.84 bits per heavy atom. The smallest absolute Gasteiger partial charge is 0.333 e. The third-order valence-electron chi connectivity index (χ3n) is 2.93. The zero-order valence-corrected chi connectivity index (χ0v) is 11.5. The highest BCUT2D eigenvalue weighted by Crippen LogP contribution is 2.30. The molecule has 0 radical (unpaired) electrons. The highest BCUT2D eigenvalue weighted by Gasteiger charge is 2.40. The van der Waals surface area contributed by atoms with Crippen molar-refractivity contribution in [3.63, 3.8) is 0 Å². The molecule has 0 fully saturated rings. The minimum Gasteiger partial charge on any atom is -0.409 e. The van der Waals surface area contributed by atoms with Crippen LogP contribution in [0.4, 0.5) is 8.78 Å². The predicted molar refractivity (Wildman–Crippen MR) is 71.9 cm³/mol. The van der Waals surface area contributed by atoms with Crippen molar-refractivity contribution in [2.75, 3.05) is 14.1 Å². The molecule has 1 aromatic carbocycles. The van der Waals surface area contributed by atoms with E-state index in [1.807, 2.05) is 0 Å². The van der Waals surface area contributed by atoms with Crippen molar-refractivity contribution < 1.29 is 14.0 Å². The standard InChI is InChI=1S/C14H20F2N2O/c1-4-5-6-11-7-9-12(10-8-11)14(15,16)13(17-19)18(2)3/h7-10,19H,4-6H2,1-3H3/b17-13-. The van der Waals surface area contributed by atoms with Crippen LogP contribution in [-0.4, -0.2) is 30.0 Å². The molecule has 106 valence electrons. The summed E-state index contributed by atoms with van der Waals surface area (Å²) in [6.07, 6.45) is 2.99. The number of rotatable bonds is 5. The van der Waals surface area contributed by atoms with E-state index in [0.29, 0.717) is 0 Å². The number of benzene rings is 1. The number of unbranched alkanes of at least 4 members (excludes halogenated alkanes) is 1. The number of hydrogen-bond donors (Lipinski definition) is 1. The molecule has 1 rings (SSSR count). The maximum Gasteiger partial charge on any atom is 0.333 e. The summed E-state index contributed by atoms with van der Waals surface area (Å²) >= 11 is 0. The van der Waals surface area contributed by atoms with Crippen LogP contribution in [0.15, 0.2) is 29.4 Å². The molecule has 0 spiro atoms. The van der Waals surface area contributed by atoms with Crippen LogP contribution in [0.2, 0.25) is 0 Å². The first-order valence-electron chi connectivity index (χ1n) is 6.30. The molecule has 19 heavy (non-hydrogen) atoms. The first-order chi connectivity index (χ1) is 8.93. The Labute approximate surface area is 112 Å². The lowest BCUT2D eigenvalue weighted by Gasteiger charge is -2.23. The minimum atomic E-state index is -3.30. The normalized spacial score (nSPS) is 12.6. The van der Waals surface area contributed by atoms with Crippen LogP contribution in [0.5, 0.6) is 0 Å². The molecule has 0 saturated heterocycles. The Morgan fingerprint density at radius 1 is 1.26 bits per heavy atom. The largest absolute Gasteiger partial charge is 0.409 e. The monoisotopic (exact) mass is 270 g/mol. The maximum absolute atomic E-state index is 14.1. The van der Waals surface area contributed by atoms with E-state index in [2.05, 4.69) is 12.1 Å². The molecule has 0 unspecified atom stereocenters. The summed E-state index contributed by atoms with van der Waals surface area (Å²) in [5.74, 6) is -3.98. The summed E-state index contributed by atoms with van der Waals surface area (Å²) in [6.45, 7) is 2.09. The van der Waals surface area contributed by atoms with Gasteiger partial charge in [-0.05, 0) is 18.4 Å². The van der Waals surface area contributed by atoms with Crippen LogP contribution in [0.1, 0.15) is 30.9 Å². The summed E-state index contributed by atoms with van der Waals surface area (Å²) in [6, 6.07) is 6.17. The molecule has 0 heterocycles. The molecule has 0 amide bonds. The van der Waals surface area contributed by atoms with Crippen LogP contribution in [0.3, 0.4) is 0 Å². The van der Waals surface area contributed by atoms with Crippen LogP contribution in [-0.2, 0) is 12.3 Å². The molecule has 0 bridgehead atoms. The van der Waals surface area contributed by atoms with E-state index < -0.39 is 11.8 Å². The Kier molecular flexibility index (Phi) is 5.27. The lowest BCUT2D eigenvalue weighted by atomic mass is 10.0. The topological polar surface area (TPSA) is 35.8 Å². The first-order valence-corrected chi connectivity index (χ1v) is 6.30. The van der Waals surface area contributed by atoms with Crippen LogP contribution >= 0.6 is 0 Å². The molecule has 0 atom stereocenters. The Balaban J connectivity index is 2.96. The summed E-state index contributed by atoms with van der Waals surface area (Å²) in [4.78, 5) is 1.10. The average Bonchev–Trinajstić information content (AvgIpc) is 2.36. The number of halogens is 2. The van der Waals surface area contributed by atoms with E-state index in [4.69, 9.17) is 5.21 Å². The number of hydrogen-bond acceptors (Lipinski definition) is 2. The second kappa shape index (κ2) is 6.50. The zero-order valence-electron chi connectivity index (χ0n) is 11.5. The van der Waals surface area contributed by atoms with E-state index in [0.717, 1.165) is 29.7 Å². The minimum absolute atomic E-state index is 0.172. The molecule has 0 aliphatic rings. The van der Waals surface area contributed by atoms with Gasteiger partial charge in [0.15, 0.2) is 0 Å². The van der Waals surface area contributed by atoms with E-state index in [9.17, 15) is 8.78 Å². The van der Waals surface area contributed by atoms with Crippen molar-refractivity contribution in [2.45, 2.75) is 32.1 Å². The van der Waals surface area contributed by atoms with Gasteiger partial charge in [0.1, 0.15) is 0 Å². The molecule has 0 aromatic heterocycles. The number of oxime groups is 1. The van der Waals surface area contributed by atoms with Crippen LogP contribution < -0.4 is 0 Å². The lowest BCUT2D eigenvalue weighted by Crippen LogP contribution is -2.37. The van der Waals surface area contributed by atoms with Gasteiger partial charge < -0.3 is 10.1 Å². The molecule has 0 aliphatic heterocycles. The van der Waals surface area contributed by atoms with Crippen LogP contribution in [0, 0.1) is 0 Å². The number of amidine groups is 1. The van der Waals surface area contributed by atoms with Gasteiger partial charge in [0, 0.05) is 19.7 Å². The molecular weight excluding hydrogens is 250 g/mol. The summed E-state index contributed by atoms with van der Waals surface area (Å²) < 4.78 is 28.2.